The molecule has 35 heavy (non-hydrogen) atoms. The van der Waals surface area contributed by atoms with E-state index in [1.54, 1.807) is 12.1 Å². The Balaban J connectivity index is 0.993. The molecule has 0 spiro atoms. The molecule has 0 radical (unpaired) electrons. The van der Waals surface area contributed by atoms with Gasteiger partial charge in [-0.3, -0.25) is 4.79 Å². The van der Waals surface area contributed by atoms with Crippen LogP contribution in [-0.2, 0) is 10.4 Å². The number of halogens is 1. The summed E-state index contributed by atoms with van der Waals surface area (Å²) in [6, 6.07) is 6.01. The first-order chi connectivity index (χ1) is 16.8. The first-order valence-electron chi connectivity index (χ1n) is 13.7. The van der Waals surface area contributed by atoms with Crippen molar-refractivity contribution in [3.05, 3.63) is 35.6 Å². The predicted octanol–water partition coefficient (Wildman–Crippen LogP) is 4.03. The van der Waals surface area contributed by atoms with Crippen LogP contribution in [0.2, 0.25) is 0 Å². The van der Waals surface area contributed by atoms with Crippen LogP contribution in [0.5, 0.6) is 0 Å². The molecule has 6 nitrogen and oxygen atoms in total. The Kier molecular flexibility index (Phi) is 5.82. The maximum atomic E-state index is 13.3. The normalized spacial score (nSPS) is 34.2. The Hall–Kier alpha value is -2.15. The van der Waals surface area contributed by atoms with Gasteiger partial charge in [-0.15, -0.1) is 0 Å². The second-order valence-corrected chi connectivity index (χ2v) is 12.3. The van der Waals surface area contributed by atoms with E-state index >= 15 is 0 Å². The highest BCUT2D eigenvalue weighted by molar-refractivity contribution is 5.80. The Morgan fingerprint density at radius 2 is 1.37 bits per heavy atom. The van der Waals surface area contributed by atoms with E-state index < -0.39 is 5.60 Å². The molecule has 7 rings (SSSR count). The number of benzene rings is 1. The fraction of sp³-hybridized carbons (Fsp3) is 0.714. The van der Waals surface area contributed by atoms with Crippen LogP contribution in [-0.4, -0.2) is 58.6 Å². The third kappa shape index (κ3) is 4.45. The van der Waals surface area contributed by atoms with Gasteiger partial charge in [0.25, 0.3) is 0 Å². The van der Waals surface area contributed by atoms with E-state index in [9.17, 15) is 19.1 Å². The van der Waals surface area contributed by atoms with E-state index in [1.165, 1.54) is 50.7 Å². The van der Waals surface area contributed by atoms with Crippen molar-refractivity contribution in [2.24, 2.45) is 23.7 Å². The quantitative estimate of drug-likeness (QED) is 0.682. The zero-order valence-electron chi connectivity index (χ0n) is 20.6. The summed E-state index contributed by atoms with van der Waals surface area (Å²) in [4.78, 5) is 30.0. The van der Waals surface area contributed by atoms with Gasteiger partial charge in [-0.25, -0.2) is 9.18 Å². The molecule has 0 unspecified atom stereocenters. The van der Waals surface area contributed by atoms with Crippen molar-refractivity contribution >= 4 is 11.9 Å². The third-order valence-electron chi connectivity index (χ3n) is 9.81. The molecule has 2 saturated heterocycles. The second kappa shape index (κ2) is 8.75. The number of carbonyl (C=O) groups is 2. The molecular formula is C28H38FN3O3. The van der Waals surface area contributed by atoms with E-state index in [4.69, 9.17) is 0 Å². The summed E-state index contributed by atoms with van der Waals surface area (Å²) in [7, 11) is 0. The molecule has 0 atom stereocenters. The van der Waals surface area contributed by atoms with Crippen LogP contribution in [0.25, 0.3) is 0 Å². The van der Waals surface area contributed by atoms with Gasteiger partial charge < -0.3 is 20.2 Å². The predicted molar refractivity (Wildman–Crippen MR) is 130 cm³/mol. The molecule has 0 aromatic heterocycles. The van der Waals surface area contributed by atoms with Crippen molar-refractivity contribution < 1.29 is 19.1 Å². The smallest absolute Gasteiger partial charge is 0.320 e. The lowest BCUT2D eigenvalue weighted by atomic mass is 9.53. The van der Waals surface area contributed by atoms with Gasteiger partial charge in [0.1, 0.15) is 5.82 Å². The molecule has 3 amide bonds. The van der Waals surface area contributed by atoms with Crippen molar-refractivity contribution in [1.82, 2.24) is 15.1 Å². The SMILES string of the molecule is O=C(NC12CC3CC(CC(C3)C1)C2)C1CCN(C(=O)N2CCC(O)(c3ccc(F)cc3)CC2)CC1. The Bertz CT molecular complexity index is 929. The molecule has 1 aromatic rings. The van der Waals surface area contributed by atoms with E-state index in [2.05, 4.69) is 5.32 Å². The van der Waals surface area contributed by atoms with Crippen LogP contribution in [0.4, 0.5) is 9.18 Å². The fourth-order valence-corrected chi connectivity index (χ4v) is 8.28. The Morgan fingerprint density at radius 3 is 1.91 bits per heavy atom. The topological polar surface area (TPSA) is 72.9 Å². The van der Waals surface area contributed by atoms with Gasteiger partial charge in [0, 0.05) is 37.6 Å². The van der Waals surface area contributed by atoms with Crippen molar-refractivity contribution in [3.8, 4) is 0 Å². The highest BCUT2D eigenvalue weighted by atomic mass is 19.1. The number of aliphatic hydroxyl groups is 1. The van der Waals surface area contributed by atoms with E-state index in [1.807, 2.05) is 9.80 Å². The number of hydrogen-bond acceptors (Lipinski definition) is 3. The van der Waals surface area contributed by atoms with E-state index in [-0.39, 0.29) is 29.2 Å². The molecule has 6 aliphatic rings. The largest absolute Gasteiger partial charge is 0.385 e. The van der Waals surface area contributed by atoms with Gasteiger partial charge in [0.05, 0.1) is 5.60 Å². The summed E-state index contributed by atoms with van der Waals surface area (Å²) in [5.74, 6) is 2.32. The number of likely N-dealkylation sites (tertiary alicyclic amines) is 2. The number of carbonyl (C=O) groups excluding carboxylic acids is 2. The molecule has 4 bridgehead atoms. The maximum Gasteiger partial charge on any atom is 0.320 e. The van der Waals surface area contributed by atoms with Crippen molar-refractivity contribution in [2.75, 3.05) is 26.2 Å². The van der Waals surface area contributed by atoms with Gasteiger partial charge >= 0.3 is 6.03 Å². The van der Waals surface area contributed by atoms with Crippen molar-refractivity contribution in [2.45, 2.75) is 75.3 Å². The van der Waals surface area contributed by atoms with E-state index in [0.717, 1.165) is 30.6 Å². The minimum Gasteiger partial charge on any atom is -0.385 e. The first kappa shape index (κ1) is 23.3. The molecule has 7 heteroatoms. The van der Waals surface area contributed by atoms with Crippen LogP contribution in [0, 0.1) is 29.5 Å². The molecular weight excluding hydrogens is 445 g/mol. The number of hydrogen-bond donors (Lipinski definition) is 2. The molecule has 4 aliphatic carbocycles. The number of nitrogens with one attached hydrogen (secondary N) is 1. The molecule has 4 saturated carbocycles. The maximum absolute atomic E-state index is 13.3. The van der Waals surface area contributed by atoms with Crippen LogP contribution in [0.15, 0.2) is 24.3 Å². The molecule has 1 aromatic carbocycles. The van der Waals surface area contributed by atoms with Crippen LogP contribution in [0.1, 0.15) is 69.8 Å². The fourth-order valence-electron chi connectivity index (χ4n) is 8.28. The summed E-state index contributed by atoms with van der Waals surface area (Å²) in [5.41, 5.74) is -0.266. The second-order valence-electron chi connectivity index (χ2n) is 12.3. The molecule has 6 fully saturated rings. The minimum absolute atomic E-state index is 0.00280. The lowest BCUT2D eigenvalue weighted by Gasteiger charge is -2.57. The zero-order valence-corrected chi connectivity index (χ0v) is 20.6. The molecule has 2 aliphatic heterocycles. The van der Waals surface area contributed by atoms with Gasteiger partial charge in [0.2, 0.25) is 5.91 Å². The van der Waals surface area contributed by atoms with Gasteiger partial charge in [-0.2, -0.15) is 0 Å². The van der Waals surface area contributed by atoms with Gasteiger partial charge in [-0.05, 0) is 99.7 Å². The number of rotatable bonds is 3. The summed E-state index contributed by atoms with van der Waals surface area (Å²) >= 11 is 0. The van der Waals surface area contributed by atoms with Crippen LogP contribution in [0.3, 0.4) is 0 Å². The molecule has 2 heterocycles. The zero-order chi connectivity index (χ0) is 24.2. The highest BCUT2D eigenvalue weighted by Crippen LogP contribution is 2.55. The van der Waals surface area contributed by atoms with E-state index in [0.29, 0.717) is 44.6 Å². The summed E-state index contributed by atoms with van der Waals surface area (Å²) in [6.07, 6.45) is 9.93. The highest BCUT2D eigenvalue weighted by Gasteiger charge is 2.52. The average Bonchev–Trinajstić information content (AvgIpc) is 2.83. The Labute approximate surface area is 207 Å². The number of amides is 3. The lowest BCUT2D eigenvalue weighted by molar-refractivity contribution is -0.132. The minimum atomic E-state index is -1.02. The Morgan fingerprint density at radius 1 is 0.857 bits per heavy atom. The van der Waals surface area contributed by atoms with Crippen molar-refractivity contribution in [1.29, 1.82) is 0 Å². The molecule has 2 N–H and O–H groups in total. The van der Waals surface area contributed by atoms with Gasteiger partial charge in [0.15, 0.2) is 0 Å². The van der Waals surface area contributed by atoms with Crippen LogP contribution >= 0.6 is 0 Å². The lowest BCUT2D eigenvalue weighted by Crippen LogP contribution is -2.61. The molecule has 190 valence electrons. The van der Waals surface area contributed by atoms with Crippen molar-refractivity contribution in [3.63, 3.8) is 0 Å². The number of urea groups is 1. The van der Waals surface area contributed by atoms with Gasteiger partial charge in [-0.1, -0.05) is 12.1 Å². The summed E-state index contributed by atoms with van der Waals surface area (Å²) in [6.45, 7) is 2.16. The third-order valence-corrected chi connectivity index (χ3v) is 9.81. The number of piperidine rings is 2. The summed E-state index contributed by atoms with van der Waals surface area (Å²) < 4.78 is 13.3. The summed E-state index contributed by atoms with van der Waals surface area (Å²) in [5, 5.41) is 14.6. The standard InChI is InChI=1S/C28H38FN3O3/c29-24-3-1-23(2-4-24)28(35)7-11-32(12-8-28)26(34)31-9-5-22(6-10-31)25(33)30-27-16-19-13-20(17-27)15-21(14-19)18-27/h1-4,19-22,35H,5-18H2,(H,30,33). The first-order valence-corrected chi connectivity index (χ1v) is 13.7. The van der Waals surface area contributed by atoms with Crippen LogP contribution < -0.4 is 5.32 Å². The average molecular weight is 484 g/mol. The number of nitrogens with zero attached hydrogens (tertiary/aromatic N) is 2. The monoisotopic (exact) mass is 483 g/mol.